The number of morpholine rings is 1. The summed E-state index contributed by atoms with van der Waals surface area (Å²) < 4.78 is 87.1. The van der Waals surface area contributed by atoms with Crippen LogP contribution in [-0.2, 0) is 66.9 Å². The van der Waals surface area contributed by atoms with E-state index in [0.29, 0.717) is 32.7 Å². The highest BCUT2D eigenvalue weighted by Crippen LogP contribution is 2.50. The summed E-state index contributed by atoms with van der Waals surface area (Å²) in [6.45, 7) is 7.78. The first-order valence-electron chi connectivity index (χ1n) is 42.5. The molecule has 9 heterocycles. The minimum atomic E-state index is -4.91. The maximum atomic E-state index is 16.4. The second-order valence-electron chi connectivity index (χ2n) is 33.4. The van der Waals surface area contributed by atoms with E-state index >= 15 is 24.0 Å². The van der Waals surface area contributed by atoms with Crippen molar-refractivity contribution in [3.63, 3.8) is 0 Å². The van der Waals surface area contributed by atoms with Crippen molar-refractivity contribution >= 4 is 88.1 Å². The number of amides is 11. The maximum Gasteiger partial charge on any atom is 0.573 e. The van der Waals surface area contributed by atoms with Crippen molar-refractivity contribution in [1.82, 2.24) is 68.2 Å². The lowest BCUT2D eigenvalue weighted by molar-refractivity contribution is -0.334. The number of alkyl halides is 3. The number of aliphatic hydroxyl groups is 6. The monoisotopic (exact) mass is 1920 g/mol. The van der Waals surface area contributed by atoms with Crippen molar-refractivity contribution < 1.29 is 150 Å². The first-order chi connectivity index (χ1) is 63.6. The van der Waals surface area contributed by atoms with Crippen LogP contribution in [0.3, 0.4) is 0 Å². The van der Waals surface area contributed by atoms with Gasteiger partial charge in [-0.2, -0.15) is 0 Å². The Bertz CT molecular complexity index is 5360. The van der Waals surface area contributed by atoms with E-state index in [1.165, 1.54) is 43.1 Å². The Balaban J connectivity index is 0.902. The van der Waals surface area contributed by atoms with Crippen molar-refractivity contribution in [2.45, 2.75) is 163 Å². The number of benzene rings is 6. The van der Waals surface area contributed by atoms with Crippen LogP contribution in [0.2, 0.25) is 10.0 Å². The van der Waals surface area contributed by atoms with E-state index in [4.69, 9.17) is 66.9 Å². The smallest absolute Gasteiger partial charge is 0.508 e. The minimum absolute atomic E-state index is 0.135. The van der Waals surface area contributed by atoms with Crippen molar-refractivity contribution in [3.05, 3.63) is 141 Å². The molecule has 18 atom stereocenters. The Hall–Kier alpha value is -11.8. The van der Waals surface area contributed by atoms with E-state index < -0.39 is 278 Å². The zero-order chi connectivity index (χ0) is 96.6. The van der Waals surface area contributed by atoms with Crippen LogP contribution in [0.15, 0.2) is 103 Å². The lowest BCUT2D eigenvalue weighted by Crippen LogP contribution is -2.66. The summed E-state index contributed by atoms with van der Waals surface area (Å²) in [5, 5.41) is 132. The number of aliphatic hydroxyl groups excluding tert-OH is 6. The number of carbonyl (C=O) groups excluding carboxylic acids is 10. The molecule has 724 valence electrons. The number of primary amides is 1. The number of hydrogen-bond acceptors (Lipinski definition) is 32. The highest BCUT2D eigenvalue weighted by atomic mass is 35.5. The zero-order valence-electron chi connectivity index (χ0n) is 72.4. The van der Waals surface area contributed by atoms with E-state index in [1.807, 2.05) is 0 Å². The van der Waals surface area contributed by atoms with Crippen LogP contribution < -0.4 is 83.4 Å². The molecule has 134 heavy (non-hydrogen) atoms. The van der Waals surface area contributed by atoms with Crippen molar-refractivity contribution in [1.29, 1.82) is 0 Å². The van der Waals surface area contributed by atoms with Crippen LogP contribution in [0.1, 0.15) is 105 Å². The first kappa shape index (κ1) is 99.7. The number of likely N-dealkylation sites (N-methyl/N-ethyl adjacent to an activating group) is 1. The Morgan fingerprint density at radius 2 is 1.34 bits per heavy atom. The molecule has 9 aliphatic rings. The Morgan fingerprint density at radius 1 is 0.701 bits per heavy atom. The molecule has 0 aliphatic carbocycles. The number of anilines is 1. The van der Waals surface area contributed by atoms with Gasteiger partial charge in [0.25, 0.3) is 11.8 Å². The molecule has 11 bridgehead atoms. The fourth-order valence-corrected chi connectivity index (χ4v) is 16.9. The van der Waals surface area contributed by atoms with E-state index in [9.17, 15) is 83.1 Å². The second kappa shape index (κ2) is 42.8. The lowest BCUT2D eigenvalue weighted by atomic mass is 9.85. The lowest BCUT2D eigenvalue weighted by Gasteiger charge is -2.48. The van der Waals surface area contributed by atoms with Crippen LogP contribution in [0, 0.1) is 5.92 Å². The van der Waals surface area contributed by atoms with Crippen LogP contribution >= 0.6 is 23.2 Å². The van der Waals surface area contributed by atoms with Gasteiger partial charge in [0, 0.05) is 87.2 Å². The van der Waals surface area contributed by atoms with Crippen LogP contribution in [0.25, 0.3) is 11.1 Å². The maximum absolute atomic E-state index is 16.4. The molecular weight excluding hydrogens is 1820 g/mol. The second-order valence-corrected chi connectivity index (χ2v) is 34.2. The molecular formula is C86H102Cl2F3N15O28. The molecule has 4 fully saturated rings. The number of urea groups is 1. The number of phenolic OH excluding ortho intramolecular Hbond substituents is 3. The summed E-state index contributed by atoms with van der Waals surface area (Å²) in [4.78, 5) is 156. The fraction of sp³-hybridized carbons (Fsp3) is 0.465. The Kier molecular flexibility index (Phi) is 31.8. The third kappa shape index (κ3) is 23.7. The normalized spacial score (nSPS) is 26.8. The molecule has 18 unspecified atom stereocenters. The summed E-state index contributed by atoms with van der Waals surface area (Å²) in [5.41, 5.74) is 6.52. The van der Waals surface area contributed by atoms with Gasteiger partial charge in [0.1, 0.15) is 101 Å². The molecule has 48 heteroatoms. The number of nitrogens with two attached hydrogens (primary N) is 1. The van der Waals surface area contributed by atoms with Gasteiger partial charge >= 0.3 is 12.4 Å². The van der Waals surface area contributed by atoms with Crippen LogP contribution in [-0.4, -0.2) is 291 Å². The number of rotatable bonds is 23. The summed E-state index contributed by atoms with van der Waals surface area (Å²) >= 11 is 14.4. The van der Waals surface area contributed by atoms with Crippen LogP contribution in [0.4, 0.5) is 23.7 Å². The number of hydrogen-bond donors (Lipinski definition) is 21. The molecule has 11 amide bonds. The van der Waals surface area contributed by atoms with Gasteiger partial charge in [-0.05, 0) is 140 Å². The topological polar surface area (TPSA) is 604 Å². The molecule has 0 radical (unpaired) electrons. The Labute approximate surface area is 771 Å². The van der Waals surface area contributed by atoms with Gasteiger partial charge in [-0.1, -0.05) is 55.2 Å². The van der Waals surface area contributed by atoms with Gasteiger partial charge in [0.05, 0.1) is 54.5 Å². The van der Waals surface area contributed by atoms with Gasteiger partial charge in [0.15, 0.2) is 30.5 Å². The summed E-state index contributed by atoms with van der Waals surface area (Å²) in [7, 11) is 1.46. The number of hydrazine groups is 1. The molecule has 9 aliphatic heterocycles. The number of hydroxylamine groups is 1. The summed E-state index contributed by atoms with van der Waals surface area (Å²) in [5.74, 6) is -17.1. The predicted octanol–water partition coefficient (Wildman–Crippen LogP) is 0.812. The summed E-state index contributed by atoms with van der Waals surface area (Å²) in [6, 6.07) is 2.87. The average Bonchev–Trinajstić information content (AvgIpc) is 0.759. The van der Waals surface area contributed by atoms with Crippen LogP contribution in [0.5, 0.6) is 51.7 Å². The highest BCUT2D eigenvalue weighted by molar-refractivity contribution is 6.32. The fourth-order valence-electron chi connectivity index (χ4n) is 16.4. The van der Waals surface area contributed by atoms with Gasteiger partial charge in [-0.15, -0.1) is 13.2 Å². The first-order valence-corrected chi connectivity index (χ1v) is 43.3. The number of fused-ring (bicyclic) bond motifs is 15. The summed E-state index contributed by atoms with van der Waals surface area (Å²) in [6.07, 6.45) is -24.3. The quantitative estimate of drug-likeness (QED) is 0.0395. The number of phenols is 3. The highest BCUT2D eigenvalue weighted by Gasteiger charge is 2.53. The molecule has 0 spiro atoms. The third-order valence-corrected chi connectivity index (χ3v) is 24.0. The number of carbonyl (C=O) groups is 10. The molecule has 22 N–H and O–H groups in total. The SMILES string of the molecule is CNC(CC(C)C)C(=O)NC1C(=O)NC(CC(N)=O)C(=O)NC2C(=O)NC3C(=O)NC(C(=O)NC(C(=O)NOCC(=O)N4CCOCC4)c4cc(O)cc(O)c4-c4cc3ccc4O)C(O)c3ccc(c(Cl)c3)Oc3cc2cc(c3OC2OC(CO)C(O)C(O)C2OC2CC(C)(NCCN3CCN(NC(=O)Nc4ccc(OC(F)(F)F)cc4)CC3)C(O)C(C)O2)Oc2ccc(cc2Cl)C1O. The minimum Gasteiger partial charge on any atom is -0.508 e. The number of aromatic hydroxyl groups is 3. The number of piperazine rings is 1. The van der Waals surface area contributed by atoms with E-state index in [-0.39, 0.29) is 74.2 Å². The number of nitrogens with zero attached hydrogens (tertiary/aromatic N) is 3. The molecule has 6 aromatic rings. The van der Waals surface area contributed by atoms with Gasteiger partial charge in [0.2, 0.25) is 53.4 Å². The number of halogens is 5. The Morgan fingerprint density at radius 3 is 1.96 bits per heavy atom. The van der Waals surface area contributed by atoms with Gasteiger partial charge in [-0.3, -0.25) is 58.3 Å². The van der Waals surface area contributed by atoms with E-state index in [1.54, 1.807) is 25.8 Å². The third-order valence-electron chi connectivity index (χ3n) is 23.4. The van der Waals surface area contributed by atoms with E-state index in [2.05, 4.69) is 68.4 Å². The largest absolute Gasteiger partial charge is 0.573 e. The predicted molar refractivity (Wildman–Crippen MR) is 460 cm³/mol. The average molecular weight is 1920 g/mol. The molecule has 0 aromatic heterocycles. The number of nitrogens with one attached hydrogen (secondary N) is 11. The van der Waals surface area contributed by atoms with Crippen molar-refractivity contribution in [3.8, 4) is 62.9 Å². The molecule has 15 rings (SSSR count). The molecule has 6 aromatic carbocycles. The molecule has 43 nitrogen and oxygen atoms in total. The molecule has 0 saturated carbocycles. The van der Waals surface area contributed by atoms with Crippen molar-refractivity contribution in [2.24, 2.45) is 11.7 Å². The van der Waals surface area contributed by atoms with E-state index in [0.717, 1.165) is 78.9 Å². The zero-order valence-corrected chi connectivity index (χ0v) is 73.9. The number of ether oxygens (including phenoxy) is 8. The van der Waals surface area contributed by atoms with Crippen molar-refractivity contribution in [2.75, 3.05) is 91.2 Å². The standard InChI is InChI=1S/C86H102Cl2F3N15O28/c1-38(2)26-51(93-5)76(118)100-67-69(113)41-7-14-55(49(87)28-41)129-57-30-43-31-58(73(57)133-83-74(72(116)71(115)59(36-107)131-83)132-62-35-85(4,75(117)39(3)128-62)94-16-17-104-18-20-106(21-19-104)102-84(125)95-44-9-11-46(12-10-44)134-86(89,90)91)130-56-15-8-42(29-50(56)88)70(114)68-81(123)99-66(82(124)103-127-37-61(112)105-22-24-126-25-23-105)48-32-45(108)33-54(110)63(48)47-27-40(6-13-53(47)109)64(78(120)101-68)98-79(121)65(43)97-77(119)52(34-60(92)111)96-80(67)122/h6-15,27-33,38-39,51-52,59,62,64-72,74-75,83,93-94,107-110,113-117H,16-26,34-37H2,1-5H3,(H2,92,111)(H,96,122)(H,97,119)(H,98,121)(H,99,123)(H,100,118)(H,101,120)(H,103,124)(H2,95,102,125). The molecule has 4 saturated heterocycles. The van der Waals surface area contributed by atoms with Gasteiger partial charge in [-0.25, -0.2) is 15.3 Å². The van der Waals surface area contributed by atoms with Gasteiger partial charge < -0.3 is 142 Å².